The van der Waals surface area contributed by atoms with E-state index in [0.29, 0.717) is 25.7 Å². The molecule has 0 saturated carbocycles. The summed E-state index contributed by atoms with van der Waals surface area (Å²) >= 11 is 0. The number of rotatable bonds is 65. The minimum Gasteiger partial charge on any atom is -0.462 e. The topological polar surface area (TPSA) is 237 Å². The van der Waals surface area contributed by atoms with Gasteiger partial charge in [0.15, 0.2) is 12.2 Å². The molecule has 0 aliphatic rings. The fourth-order valence-corrected chi connectivity index (χ4v) is 11.5. The number of phosphoric ester groups is 2. The molecular weight excluding hydrogens is 1130 g/mol. The van der Waals surface area contributed by atoms with E-state index in [-0.39, 0.29) is 25.7 Å². The van der Waals surface area contributed by atoms with Crippen molar-refractivity contribution in [2.24, 2.45) is 11.8 Å². The lowest BCUT2D eigenvalue weighted by molar-refractivity contribution is -0.161. The van der Waals surface area contributed by atoms with Crippen LogP contribution in [0.4, 0.5) is 0 Å². The van der Waals surface area contributed by atoms with Crippen molar-refractivity contribution in [1.82, 2.24) is 0 Å². The van der Waals surface area contributed by atoms with Gasteiger partial charge in [-0.15, -0.1) is 0 Å². The van der Waals surface area contributed by atoms with Gasteiger partial charge in [0, 0.05) is 25.7 Å². The van der Waals surface area contributed by atoms with Gasteiger partial charge in [-0.2, -0.15) is 0 Å². The van der Waals surface area contributed by atoms with Crippen LogP contribution in [0.5, 0.6) is 0 Å². The Balaban J connectivity index is 5.21. The maximum atomic E-state index is 13.0. The Morgan fingerprint density at radius 1 is 0.318 bits per heavy atom. The lowest BCUT2D eigenvalue weighted by atomic mass is 10.0. The Morgan fingerprint density at radius 2 is 0.541 bits per heavy atom. The van der Waals surface area contributed by atoms with Crippen molar-refractivity contribution in [1.29, 1.82) is 0 Å². The monoisotopic (exact) mass is 1250 g/mol. The van der Waals surface area contributed by atoms with Crippen LogP contribution in [-0.4, -0.2) is 96.7 Å². The van der Waals surface area contributed by atoms with Gasteiger partial charge in [0.05, 0.1) is 26.4 Å². The van der Waals surface area contributed by atoms with E-state index in [9.17, 15) is 43.2 Å². The highest BCUT2D eigenvalue weighted by atomic mass is 31.2. The highest BCUT2D eigenvalue weighted by Gasteiger charge is 2.30. The molecular formula is C66H128O17P2. The molecule has 504 valence electrons. The second-order valence-electron chi connectivity index (χ2n) is 24.8. The number of carbonyl (C=O) groups is 4. The quantitative estimate of drug-likeness (QED) is 0.0222. The van der Waals surface area contributed by atoms with Gasteiger partial charge in [-0.1, -0.05) is 279 Å². The first-order valence-corrected chi connectivity index (χ1v) is 37.5. The van der Waals surface area contributed by atoms with Crippen molar-refractivity contribution < 1.29 is 80.2 Å². The molecule has 0 spiro atoms. The van der Waals surface area contributed by atoms with E-state index in [1.807, 2.05) is 0 Å². The smallest absolute Gasteiger partial charge is 0.462 e. The fourth-order valence-electron chi connectivity index (χ4n) is 9.88. The van der Waals surface area contributed by atoms with Crippen LogP contribution < -0.4 is 0 Å². The van der Waals surface area contributed by atoms with Crippen molar-refractivity contribution in [2.75, 3.05) is 39.6 Å². The van der Waals surface area contributed by atoms with Crippen LogP contribution in [0.1, 0.15) is 330 Å². The molecule has 0 radical (unpaired) electrons. The van der Waals surface area contributed by atoms with Crippen LogP contribution in [0.3, 0.4) is 0 Å². The zero-order valence-corrected chi connectivity index (χ0v) is 56.7. The lowest BCUT2D eigenvalue weighted by Gasteiger charge is -2.21. The Labute approximate surface area is 517 Å². The van der Waals surface area contributed by atoms with Gasteiger partial charge >= 0.3 is 39.5 Å². The highest BCUT2D eigenvalue weighted by Crippen LogP contribution is 2.45. The number of esters is 4. The van der Waals surface area contributed by atoms with Crippen LogP contribution in [0.2, 0.25) is 0 Å². The molecule has 19 heteroatoms. The van der Waals surface area contributed by atoms with Gasteiger partial charge in [-0.05, 0) is 37.5 Å². The van der Waals surface area contributed by atoms with Crippen LogP contribution in [-0.2, 0) is 65.4 Å². The Hall–Kier alpha value is -1.94. The van der Waals surface area contributed by atoms with E-state index in [2.05, 4.69) is 41.5 Å². The van der Waals surface area contributed by atoms with Gasteiger partial charge < -0.3 is 33.8 Å². The predicted molar refractivity (Wildman–Crippen MR) is 340 cm³/mol. The summed E-state index contributed by atoms with van der Waals surface area (Å²) in [4.78, 5) is 72.2. The predicted octanol–water partition coefficient (Wildman–Crippen LogP) is 18.4. The summed E-state index contributed by atoms with van der Waals surface area (Å²) in [5.74, 6) is -0.620. The first-order valence-electron chi connectivity index (χ1n) is 34.5. The summed E-state index contributed by atoms with van der Waals surface area (Å²) in [5.41, 5.74) is 0. The molecule has 2 unspecified atom stereocenters. The minimum atomic E-state index is -4.95. The van der Waals surface area contributed by atoms with Gasteiger partial charge in [0.25, 0.3) is 0 Å². The molecule has 0 bridgehead atoms. The summed E-state index contributed by atoms with van der Waals surface area (Å²) in [6, 6.07) is 0. The second-order valence-corrected chi connectivity index (χ2v) is 27.7. The van der Waals surface area contributed by atoms with E-state index >= 15 is 0 Å². The van der Waals surface area contributed by atoms with E-state index in [1.54, 1.807) is 0 Å². The average Bonchev–Trinajstić information content (AvgIpc) is 3.53. The molecule has 3 N–H and O–H groups in total. The van der Waals surface area contributed by atoms with Crippen molar-refractivity contribution in [3.05, 3.63) is 0 Å². The molecule has 0 saturated heterocycles. The molecule has 0 aromatic carbocycles. The summed E-state index contributed by atoms with van der Waals surface area (Å²) < 4.78 is 68.0. The third kappa shape index (κ3) is 60.7. The zero-order chi connectivity index (χ0) is 62.9. The van der Waals surface area contributed by atoms with Crippen LogP contribution in [0.15, 0.2) is 0 Å². The summed E-state index contributed by atoms with van der Waals surface area (Å²) in [6.45, 7) is 9.46. The number of hydrogen-bond acceptors (Lipinski definition) is 15. The molecule has 0 aromatic heterocycles. The second kappa shape index (κ2) is 58.4. The maximum Gasteiger partial charge on any atom is 0.472 e. The average molecular weight is 1260 g/mol. The van der Waals surface area contributed by atoms with Crippen LogP contribution in [0.25, 0.3) is 0 Å². The largest absolute Gasteiger partial charge is 0.472 e. The number of ether oxygens (including phenoxy) is 4. The normalized spacial score (nSPS) is 14.2. The SMILES string of the molecule is CCCCCCCCCCCC(=O)OC[C@H](COP(=O)(O)OC[C@H](O)COP(=O)(O)OC[C@@H](COC(=O)CCCCCCCCCCC(C)C)OC(=O)CCCCCCCCCCCCCCCC(C)C)OC(=O)CCCCCCCCCCC. The number of carbonyl (C=O) groups excluding carboxylic acids is 4. The highest BCUT2D eigenvalue weighted by molar-refractivity contribution is 7.47. The van der Waals surface area contributed by atoms with Gasteiger partial charge in [-0.3, -0.25) is 37.3 Å². The molecule has 0 fully saturated rings. The summed E-state index contributed by atoms with van der Waals surface area (Å²) in [7, 11) is -9.89. The van der Waals surface area contributed by atoms with Crippen molar-refractivity contribution in [2.45, 2.75) is 349 Å². The summed E-state index contributed by atoms with van der Waals surface area (Å²) in [6.07, 6.45) is 41.7. The van der Waals surface area contributed by atoms with Crippen LogP contribution in [0, 0.1) is 11.8 Å². The first kappa shape index (κ1) is 83.1. The number of phosphoric acid groups is 2. The lowest BCUT2D eigenvalue weighted by Crippen LogP contribution is -2.30. The van der Waals surface area contributed by atoms with E-state index < -0.39 is 97.5 Å². The standard InChI is InChI=1S/C66H128O17P2/c1-7-9-11-13-15-22-30-36-42-48-63(68)76-54-61(82-65(70)50-44-38-32-23-16-14-12-10-8-2)56-80-84(72,73)78-52-60(67)53-79-85(74,75)81-57-62(55-77-64(69)49-43-37-31-27-26-29-35-41-47-59(5)6)83-66(71)51-45-39-33-25-21-19-17-18-20-24-28-34-40-46-58(3)4/h58-62,67H,7-57H2,1-6H3,(H,72,73)(H,74,75)/t60-,61+,62+/m0/s1. The van der Waals surface area contributed by atoms with Gasteiger partial charge in [-0.25, -0.2) is 9.13 Å². The molecule has 5 atom stereocenters. The first-order chi connectivity index (χ1) is 40.9. The van der Waals surface area contributed by atoms with Crippen molar-refractivity contribution >= 4 is 39.5 Å². The van der Waals surface area contributed by atoms with Crippen molar-refractivity contribution in [3.8, 4) is 0 Å². The van der Waals surface area contributed by atoms with Crippen LogP contribution >= 0.6 is 15.6 Å². The molecule has 0 aliphatic heterocycles. The van der Waals surface area contributed by atoms with Crippen molar-refractivity contribution in [3.63, 3.8) is 0 Å². The molecule has 0 aliphatic carbocycles. The number of unbranched alkanes of at least 4 members (excludes halogenated alkanes) is 35. The number of aliphatic hydroxyl groups is 1. The number of hydrogen-bond donors (Lipinski definition) is 3. The Morgan fingerprint density at radius 3 is 0.800 bits per heavy atom. The van der Waals surface area contributed by atoms with Gasteiger partial charge in [0.2, 0.25) is 0 Å². The molecule has 0 rings (SSSR count). The summed E-state index contributed by atoms with van der Waals surface area (Å²) in [5, 5.41) is 10.5. The maximum absolute atomic E-state index is 13.0. The third-order valence-electron chi connectivity index (χ3n) is 15.2. The molecule has 0 heterocycles. The van der Waals surface area contributed by atoms with E-state index in [4.69, 9.17) is 37.0 Å². The third-order valence-corrected chi connectivity index (χ3v) is 17.1. The zero-order valence-electron chi connectivity index (χ0n) is 54.9. The molecule has 0 aromatic rings. The Bertz CT molecular complexity index is 1670. The number of aliphatic hydroxyl groups excluding tert-OH is 1. The molecule has 0 amide bonds. The Kier molecular flexibility index (Phi) is 57.1. The van der Waals surface area contributed by atoms with E-state index in [0.717, 1.165) is 102 Å². The van der Waals surface area contributed by atoms with Gasteiger partial charge in [0.1, 0.15) is 19.3 Å². The fraction of sp³-hybridized carbons (Fsp3) is 0.939. The minimum absolute atomic E-state index is 0.106. The molecule has 17 nitrogen and oxygen atoms in total. The molecule has 85 heavy (non-hydrogen) atoms. The van der Waals surface area contributed by atoms with E-state index in [1.165, 1.54) is 148 Å².